The van der Waals surface area contributed by atoms with E-state index in [1.807, 2.05) is 42.5 Å². The molecule has 0 heterocycles. The second-order valence-electron chi connectivity index (χ2n) is 9.74. The van der Waals surface area contributed by atoms with Crippen LogP contribution >= 0.6 is 0 Å². The van der Waals surface area contributed by atoms with Gasteiger partial charge in [-0.15, -0.1) is 0 Å². The Morgan fingerprint density at radius 2 is 0.585 bits per heavy atom. The normalized spacial score (nSPS) is 10.7. The Kier molecular flexibility index (Phi) is 7.63. The van der Waals surface area contributed by atoms with Crippen LogP contribution in [0.25, 0.3) is 11.1 Å². The van der Waals surface area contributed by atoms with E-state index >= 15 is 0 Å². The highest BCUT2D eigenvalue weighted by atomic mass is 16.4. The van der Waals surface area contributed by atoms with Crippen LogP contribution in [0.15, 0.2) is 164 Å². The molecule has 0 spiro atoms. The topological polar surface area (TPSA) is 46.9 Å². The molecule has 6 aromatic rings. The van der Waals surface area contributed by atoms with Crippen molar-refractivity contribution in [1.29, 1.82) is 0 Å². The van der Waals surface area contributed by atoms with Crippen LogP contribution in [-0.2, 0) is 0 Å². The fraction of sp³-hybridized carbons (Fsp3) is 0. The van der Waals surface area contributed by atoms with E-state index in [0.29, 0.717) is 5.46 Å². The van der Waals surface area contributed by atoms with E-state index in [-0.39, 0.29) is 0 Å². The molecule has 0 amide bonds. The quantitative estimate of drug-likeness (QED) is 0.195. The van der Waals surface area contributed by atoms with E-state index < -0.39 is 7.12 Å². The Morgan fingerprint density at radius 3 is 0.878 bits per heavy atom. The molecule has 198 valence electrons. The van der Waals surface area contributed by atoms with Gasteiger partial charge in [0.2, 0.25) is 0 Å². The summed E-state index contributed by atoms with van der Waals surface area (Å²) in [6, 6.07) is 55.4. The van der Waals surface area contributed by atoms with Gasteiger partial charge in [-0.3, -0.25) is 0 Å². The monoisotopic (exact) mass is 532 g/mol. The number of para-hydroxylation sites is 3. The fourth-order valence-corrected chi connectivity index (χ4v) is 5.03. The molecule has 0 saturated carbocycles. The summed E-state index contributed by atoms with van der Waals surface area (Å²) in [5.74, 6) is 0. The van der Waals surface area contributed by atoms with Gasteiger partial charge in [-0.1, -0.05) is 91.0 Å². The molecule has 5 heteroatoms. The number of hydrogen-bond donors (Lipinski definition) is 2. The molecule has 2 N–H and O–H groups in total. The minimum atomic E-state index is -1.49. The lowest BCUT2D eigenvalue weighted by Gasteiger charge is -2.26. The van der Waals surface area contributed by atoms with Crippen LogP contribution in [0.2, 0.25) is 0 Å². The lowest BCUT2D eigenvalue weighted by molar-refractivity contribution is 0.426. The molecular formula is C36H29BN2O2. The zero-order valence-electron chi connectivity index (χ0n) is 22.5. The number of hydrogen-bond acceptors (Lipinski definition) is 4. The predicted octanol–water partition coefficient (Wildman–Crippen LogP) is 7.97. The molecule has 6 rings (SSSR count). The second-order valence-corrected chi connectivity index (χ2v) is 9.74. The number of benzene rings is 6. The number of rotatable bonds is 8. The third-order valence-electron chi connectivity index (χ3n) is 7.08. The van der Waals surface area contributed by atoms with Gasteiger partial charge in [0, 0.05) is 34.1 Å². The van der Waals surface area contributed by atoms with Gasteiger partial charge in [0.15, 0.2) is 0 Å². The van der Waals surface area contributed by atoms with Crippen molar-refractivity contribution in [1.82, 2.24) is 0 Å². The van der Waals surface area contributed by atoms with E-state index in [4.69, 9.17) is 0 Å². The first-order valence-electron chi connectivity index (χ1n) is 13.6. The SMILES string of the molecule is OB(O)c1ccc(N(c2ccccc2)c2ccc(-c3ccc(N(c4ccccc4)c4ccccc4)cc3)cc2)cc1. The molecule has 6 aromatic carbocycles. The molecule has 0 aliphatic carbocycles. The summed E-state index contributed by atoms with van der Waals surface area (Å²) in [4.78, 5) is 4.41. The summed E-state index contributed by atoms with van der Waals surface area (Å²) < 4.78 is 0. The Morgan fingerprint density at radius 1 is 0.317 bits per heavy atom. The summed E-state index contributed by atoms with van der Waals surface area (Å²) in [5.41, 5.74) is 8.98. The van der Waals surface area contributed by atoms with Crippen LogP contribution in [0, 0.1) is 0 Å². The van der Waals surface area contributed by atoms with Crippen LogP contribution < -0.4 is 15.3 Å². The molecule has 0 aliphatic rings. The summed E-state index contributed by atoms with van der Waals surface area (Å²) >= 11 is 0. The Balaban J connectivity index is 1.30. The van der Waals surface area contributed by atoms with Gasteiger partial charge in [-0.05, 0) is 89.4 Å². The Bertz CT molecular complexity index is 1640. The van der Waals surface area contributed by atoms with Gasteiger partial charge in [0.05, 0.1) is 0 Å². The van der Waals surface area contributed by atoms with Crippen LogP contribution in [0.5, 0.6) is 0 Å². The highest BCUT2D eigenvalue weighted by Gasteiger charge is 2.16. The fourth-order valence-electron chi connectivity index (χ4n) is 5.03. The van der Waals surface area contributed by atoms with Gasteiger partial charge < -0.3 is 19.8 Å². The molecule has 41 heavy (non-hydrogen) atoms. The maximum Gasteiger partial charge on any atom is 0.488 e. The molecule has 0 radical (unpaired) electrons. The number of nitrogens with zero attached hydrogens (tertiary/aromatic N) is 2. The first-order valence-corrected chi connectivity index (χ1v) is 13.6. The lowest BCUT2D eigenvalue weighted by Crippen LogP contribution is -2.29. The zero-order valence-corrected chi connectivity index (χ0v) is 22.5. The first-order chi connectivity index (χ1) is 20.2. The third-order valence-corrected chi connectivity index (χ3v) is 7.08. The van der Waals surface area contributed by atoms with Crippen molar-refractivity contribution in [2.24, 2.45) is 0 Å². The van der Waals surface area contributed by atoms with Gasteiger partial charge in [-0.25, -0.2) is 0 Å². The van der Waals surface area contributed by atoms with Crippen LogP contribution in [0.3, 0.4) is 0 Å². The predicted molar refractivity (Wildman–Crippen MR) is 171 cm³/mol. The molecule has 0 unspecified atom stereocenters. The van der Waals surface area contributed by atoms with Crippen molar-refractivity contribution in [3.8, 4) is 11.1 Å². The van der Waals surface area contributed by atoms with Crippen molar-refractivity contribution in [3.63, 3.8) is 0 Å². The Labute approximate surface area is 241 Å². The van der Waals surface area contributed by atoms with Gasteiger partial charge in [-0.2, -0.15) is 0 Å². The maximum absolute atomic E-state index is 9.53. The smallest absolute Gasteiger partial charge is 0.423 e. The van der Waals surface area contributed by atoms with Crippen LogP contribution in [0.1, 0.15) is 0 Å². The first kappa shape index (κ1) is 26.1. The molecule has 0 aliphatic heterocycles. The molecule has 0 atom stereocenters. The molecular weight excluding hydrogens is 503 g/mol. The molecule has 0 saturated heterocycles. The van der Waals surface area contributed by atoms with E-state index in [1.165, 1.54) is 0 Å². The Hall–Kier alpha value is -5.10. The van der Waals surface area contributed by atoms with E-state index in [1.54, 1.807) is 12.1 Å². The highest BCUT2D eigenvalue weighted by Crippen LogP contribution is 2.37. The largest absolute Gasteiger partial charge is 0.488 e. The molecule has 0 aromatic heterocycles. The van der Waals surface area contributed by atoms with Gasteiger partial charge in [0.25, 0.3) is 0 Å². The molecule has 0 bridgehead atoms. The van der Waals surface area contributed by atoms with Crippen molar-refractivity contribution >= 4 is 46.7 Å². The van der Waals surface area contributed by atoms with E-state index in [9.17, 15) is 10.0 Å². The zero-order chi connectivity index (χ0) is 28.0. The maximum atomic E-state index is 9.53. The van der Waals surface area contributed by atoms with Crippen molar-refractivity contribution in [2.45, 2.75) is 0 Å². The van der Waals surface area contributed by atoms with Crippen molar-refractivity contribution in [3.05, 3.63) is 164 Å². The van der Waals surface area contributed by atoms with Gasteiger partial charge >= 0.3 is 7.12 Å². The van der Waals surface area contributed by atoms with Crippen LogP contribution in [-0.4, -0.2) is 17.2 Å². The third kappa shape index (κ3) is 5.77. The summed E-state index contributed by atoms with van der Waals surface area (Å²) in [6.07, 6.45) is 0. The average Bonchev–Trinajstić information content (AvgIpc) is 3.04. The number of anilines is 6. The summed E-state index contributed by atoms with van der Waals surface area (Å²) in [6.45, 7) is 0. The highest BCUT2D eigenvalue weighted by molar-refractivity contribution is 6.58. The standard InChI is InChI=1S/C36H29BN2O2/c40-37(41)30-20-26-36(27-21-30)39(33-14-8-3-9-15-33)35-24-18-29(19-25-35)28-16-22-34(23-17-28)38(31-10-4-1-5-11-31)32-12-6-2-7-13-32/h1-27,40-41H. The summed E-state index contributed by atoms with van der Waals surface area (Å²) in [7, 11) is -1.49. The minimum absolute atomic E-state index is 0.457. The van der Waals surface area contributed by atoms with Crippen molar-refractivity contribution in [2.75, 3.05) is 9.80 Å². The van der Waals surface area contributed by atoms with E-state index in [0.717, 1.165) is 45.3 Å². The van der Waals surface area contributed by atoms with E-state index in [2.05, 4.69) is 119 Å². The molecule has 0 fully saturated rings. The van der Waals surface area contributed by atoms with Gasteiger partial charge in [0.1, 0.15) is 0 Å². The average molecular weight is 532 g/mol. The lowest BCUT2D eigenvalue weighted by atomic mass is 9.80. The van der Waals surface area contributed by atoms with Crippen molar-refractivity contribution < 1.29 is 10.0 Å². The van der Waals surface area contributed by atoms with Crippen LogP contribution in [0.4, 0.5) is 34.1 Å². The minimum Gasteiger partial charge on any atom is -0.423 e. The second kappa shape index (κ2) is 12.0. The molecule has 4 nitrogen and oxygen atoms in total. The summed E-state index contributed by atoms with van der Waals surface area (Å²) in [5, 5.41) is 19.1.